The lowest BCUT2D eigenvalue weighted by atomic mass is 10.1. The Morgan fingerprint density at radius 3 is 2.36 bits per heavy atom. The Hall–Kier alpha value is -0.570. The van der Waals surface area contributed by atoms with Crippen LogP contribution in [-0.2, 0) is 4.79 Å². The first kappa shape index (κ1) is 13.4. The van der Waals surface area contributed by atoms with Crippen LogP contribution in [0.5, 0.6) is 0 Å². The first-order valence-corrected chi connectivity index (χ1v) is 5.43. The maximum atomic E-state index is 11.5. The van der Waals surface area contributed by atoms with E-state index in [1.165, 1.54) is 0 Å². The third-order valence-corrected chi connectivity index (χ3v) is 2.11. The molecule has 0 fully saturated rings. The normalized spacial score (nSPS) is 13.0. The summed E-state index contributed by atoms with van der Waals surface area (Å²) in [7, 11) is 1.87. The molecule has 0 aromatic carbocycles. The van der Waals surface area contributed by atoms with Crippen LogP contribution in [0.4, 0.5) is 0 Å². The lowest BCUT2D eigenvalue weighted by molar-refractivity contribution is -0.130. The van der Waals surface area contributed by atoms with Gasteiger partial charge in [0.15, 0.2) is 0 Å². The van der Waals surface area contributed by atoms with E-state index in [1.807, 2.05) is 18.9 Å². The minimum atomic E-state index is 0.207. The van der Waals surface area contributed by atoms with Crippen molar-refractivity contribution >= 4 is 5.91 Å². The summed E-state index contributed by atoms with van der Waals surface area (Å²) in [6.45, 7) is 7.05. The maximum absolute atomic E-state index is 11.5. The van der Waals surface area contributed by atoms with E-state index in [0.717, 1.165) is 19.4 Å². The largest absolute Gasteiger partial charge is 0.346 e. The average Bonchev–Trinajstić information content (AvgIpc) is 2.01. The Kier molecular flexibility index (Phi) is 6.54. The quantitative estimate of drug-likeness (QED) is 0.708. The highest BCUT2D eigenvalue weighted by Gasteiger charge is 2.09. The standard InChI is InChI=1S/C11H24N2O/c1-9(2)8-13(4)11(14)7-5-6-10(3)12/h9-10H,5-8,12H2,1-4H3. The van der Waals surface area contributed by atoms with Crippen molar-refractivity contribution in [1.29, 1.82) is 0 Å². The van der Waals surface area contributed by atoms with Crippen LogP contribution in [0, 0.1) is 5.92 Å². The number of hydrogen-bond donors (Lipinski definition) is 1. The molecule has 1 unspecified atom stereocenters. The predicted molar refractivity (Wildman–Crippen MR) is 60.0 cm³/mol. The molecular weight excluding hydrogens is 176 g/mol. The lowest BCUT2D eigenvalue weighted by Gasteiger charge is -2.19. The second-order valence-electron chi connectivity index (χ2n) is 4.54. The molecular formula is C11H24N2O. The van der Waals surface area contributed by atoms with Crippen LogP contribution in [0.25, 0.3) is 0 Å². The molecule has 2 N–H and O–H groups in total. The molecule has 1 amide bonds. The Morgan fingerprint density at radius 1 is 1.36 bits per heavy atom. The number of carbonyl (C=O) groups excluding carboxylic acids is 1. The molecule has 0 aromatic heterocycles. The number of nitrogens with zero attached hydrogens (tertiary/aromatic N) is 1. The van der Waals surface area contributed by atoms with Crippen LogP contribution in [0.15, 0.2) is 0 Å². The van der Waals surface area contributed by atoms with E-state index in [2.05, 4.69) is 13.8 Å². The van der Waals surface area contributed by atoms with Gasteiger partial charge < -0.3 is 10.6 Å². The number of amides is 1. The van der Waals surface area contributed by atoms with Crippen LogP contribution in [0.3, 0.4) is 0 Å². The van der Waals surface area contributed by atoms with E-state index in [0.29, 0.717) is 12.3 Å². The van der Waals surface area contributed by atoms with E-state index in [-0.39, 0.29) is 11.9 Å². The molecule has 0 rings (SSSR count). The van der Waals surface area contributed by atoms with Gasteiger partial charge in [-0.1, -0.05) is 13.8 Å². The van der Waals surface area contributed by atoms with Gasteiger partial charge >= 0.3 is 0 Å². The van der Waals surface area contributed by atoms with Crippen molar-refractivity contribution in [2.75, 3.05) is 13.6 Å². The van der Waals surface area contributed by atoms with Gasteiger partial charge in [0.25, 0.3) is 0 Å². The molecule has 0 bridgehead atoms. The fraction of sp³-hybridized carbons (Fsp3) is 0.909. The number of rotatable bonds is 6. The smallest absolute Gasteiger partial charge is 0.222 e. The maximum Gasteiger partial charge on any atom is 0.222 e. The fourth-order valence-corrected chi connectivity index (χ4v) is 1.42. The van der Waals surface area contributed by atoms with Gasteiger partial charge in [-0.25, -0.2) is 0 Å². The van der Waals surface area contributed by atoms with Crippen molar-refractivity contribution in [2.24, 2.45) is 11.7 Å². The molecule has 0 spiro atoms. The summed E-state index contributed by atoms with van der Waals surface area (Å²) in [5.41, 5.74) is 5.61. The molecule has 0 aromatic rings. The minimum Gasteiger partial charge on any atom is -0.346 e. The molecule has 0 saturated carbocycles. The molecule has 0 saturated heterocycles. The van der Waals surface area contributed by atoms with Crippen LogP contribution >= 0.6 is 0 Å². The summed E-state index contributed by atoms with van der Waals surface area (Å²) in [5.74, 6) is 0.775. The van der Waals surface area contributed by atoms with Gasteiger partial charge in [0, 0.05) is 26.1 Å². The van der Waals surface area contributed by atoms with E-state index in [4.69, 9.17) is 5.73 Å². The SMILES string of the molecule is CC(C)CN(C)C(=O)CCCC(C)N. The van der Waals surface area contributed by atoms with Gasteiger partial charge in [-0.2, -0.15) is 0 Å². The van der Waals surface area contributed by atoms with Crippen molar-refractivity contribution in [2.45, 2.75) is 46.1 Å². The molecule has 0 aliphatic heterocycles. The van der Waals surface area contributed by atoms with E-state index >= 15 is 0 Å². The monoisotopic (exact) mass is 200 g/mol. The minimum absolute atomic E-state index is 0.207. The van der Waals surface area contributed by atoms with Gasteiger partial charge in [-0.05, 0) is 25.7 Å². The molecule has 1 atom stereocenters. The van der Waals surface area contributed by atoms with Crippen molar-refractivity contribution in [3.8, 4) is 0 Å². The zero-order chi connectivity index (χ0) is 11.1. The predicted octanol–water partition coefficient (Wildman–Crippen LogP) is 1.62. The summed E-state index contributed by atoms with van der Waals surface area (Å²) >= 11 is 0. The van der Waals surface area contributed by atoms with Crippen molar-refractivity contribution in [3.63, 3.8) is 0 Å². The summed E-state index contributed by atoms with van der Waals surface area (Å²) in [5, 5.41) is 0. The van der Waals surface area contributed by atoms with Crippen LogP contribution in [0.1, 0.15) is 40.0 Å². The molecule has 0 aliphatic carbocycles. The van der Waals surface area contributed by atoms with E-state index < -0.39 is 0 Å². The zero-order valence-corrected chi connectivity index (χ0v) is 9.92. The van der Waals surface area contributed by atoms with Gasteiger partial charge in [0.2, 0.25) is 5.91 Å². The summed E-state index contributed by atoms with van der Waals surface area (Å²) in [6, 6.07) is 0.207. The Labute approximate surface area is 87.6 Å². The van der Waals surface area contributed by atoms with Gasteiger partial charge in [0.1, 0.15) is 0 Å². The second-order valence-corrected chi connectivity index (χ2v) is 4.54. The van der Waals surface area contributed by atoms with Crippen LogP contribution in [-0.4, -0.2) is 30.4 Å². The molecule has 0 radical (unpaired) electrons. The summed E-state index contributed by atoms with van der Waals surface area (Å²) < 4.78 is 0. The highest BCUT2D eigenvalue weighted by atomic mass is 16.2. The van der Waals surface area contributed by atoms with Gasteiger partial charge in [-0.15, -0.1) is 0 Å². The number of carbonyl (C=O) groups is 1. The topological polar surface area (TPSA) is 46.3 Å². The zero-order valence-electron chi connectivity index (χ0n) is 9.92. The third-order valence-electron chi connectivity index (χ3n) is 2.11. The lowest BCUT2D eigenvalue weighted by Crippen LogP contribution is -2.30. The average molecular weight is 200 g/mol. The van der Waals surface area contributed by atoms with Crippen molar-refractivity contribution in [1.82, 2.24) is 4.90 Å². The highest BCUT2D eigenvalue weighted by molar-refractivity contribution is 5.75. The number of hydrogen-bond acceptors (Lipinski definition) is 2. The molecule has 14 heavy (non-hydrogen) atoms. The first-order chi connectivity index (χ1) is 6.43. The molecule has 3 heteroatoms. The highest BCUT2D eigenvalue weighted by Crippen LogP contribution is 2.03. The molecule has 3 nitrogen and oxygen atoms in total. The van der Waals surface area contributed by atoms with Crippen molar-refractivity contribution < 1.29 is 4.79 Å². The third kappa shape index (κ3) is 6.89. The number of nitrogens with two attached hydrogens (primary N) is 1. The Balaban J connectivity index is 3.62. The summed E-state index contributed by atoms with van der Waals surface area (Å²) in [4.78, 5) is 13.4. The fourth-order valence-electron chi connectivity index (χ4n) is 1.42. The first-order valence-electron chi connectivity index (χ1n) is 5.43. The van der Waals surface area contributed by atoms with Crippen molar-refractivity contribution in [3.05, 3.63) is 0 Å². The van der Waals surface area contributed by atoms with Gasteiger partial charge in [0.05, 0.1) is 0 Å². The van der Waals surface area contributed by atoms with Crippen LogP contribution < -0.4 is 5.73 Å². The van der Waals surface area contributed by atoms with E-state index in [9.17, 15) is 4.79 Å². The Bertz CT molecular complexity index is 167. The molecule has 84 valence electrons. The summed E-state index contributed by atoms with van der Waals surface area (Å²) in [6.07, 6.45) is 2.46. The molecule has 0 aliphatic rings. The van der Waals surface area contributed by atoms with E-state index in [1.54, 1.807) is 0 Å². The van der Waals surface area contributed by atoms with Gasteiger partial charge in [-0.3, -0.25) is 4.79 Å². The van der Waals surface area contributed by atoms with Crippen LogP contribution in [0.2, 0.25) is 0 Å². The second kappa shape index (κ2) is 6.82. The Morgan fingerprint density at radius 2 is 1.93 bits per heavy atom. The molecule has 0 heterocycles.